The fourth-order valence-corrected chi connectivity index (χ4v) is 1.77. The summed E-state index contributed by atoms with van der Waals surface area (Å²) in [6.07, 6.45) is 1.72. The van der Waals surface area contributed by atoms with Crippen LogP contribution in [0.4, 0.5) is 0 Å². The average Bonchev–Trinajstić information content (AvgIpc) is 2.38. The van der Waals surface area contributed by atoms with Crippen LogP contribution in [0.3, 0.4) is 0 Å². The summed E-state index contributed by atoms with van der Waals surface area (Å²) in [5.74, 6) is 0.150. The Morgan fingerprint density at radius 1 is 1.00 bits per heavy atom. The van der Waals surface area contributed by atoms with Crippen molar-refractivity contribution < 1.29 is 9.90 Å². The van der Waals surface area contributed by atoms with Crippen LogP contribution < -0.4 is 0 Å². The summed E-state index contributed by atoms with van der Waals surface area (Å²) in [4.78, 5) is 11.7. The van der Waals surface area contributed by atoms with E-state index in [2.05, 4.69) is 0 Å². The maximum absolute atomic E-state index is 11.7. The van der Waals surface area contributed by atoms with Gasteiger partial charge in [-0.2, -0.15) is 0 Å². The number of hydrogen-bond donors (Lipinski definition) is 1. The van der Waals surface area contributed by atoms with E-state index in [1.165, 1.54) is 6.92 Å². The molecule has 0 saturated heterocycles. The van der Waals surface area contributed by atoms with Crippen LogP contribution in [-0.4, -0.2) is 10.9 Å². The molecular weight excluding hydrogens is 224 g/mol. The Balaban J connectivity index is 2.50. The second kappa shape index (κ2) is 5.32. The maximum Gasteiger partial charge on any atom is 0.160 e. The number of Topliss-reactive ketones (excluding diaryl/α,β-unsaturated/α-hetero) is 1. The van der Waals surface area contributed by atoms with Crippen LogP contribution >= 0.6 is 0 Å². The first-order valence-corrected chi connectivity index (χ1v) is 5.74. The van der Waals surface area contributed by atoms with Crippen LogP contribution in [0, 0.1) is 0 Å². The second-order valence-electron chi connectivity index (χ2n) is 4.04. The molecule has 90 valence electrons. The van der Waals surface area contributed by atoms with Crippen LogP contribution in [-0.2, 0) is 4.79 Å². The SMILES string of the molecule is CC(=O)C(=Cc1ccccc1O)c1ccccc1. The number of benzene rings is 2. The molecule has 0 amide bonds. The molecule has 0 heterocycles. The first-order valence-electron chi connectivity index (χ1n) is 5.74. The third kappa shape index (κ3) is 2.66. The molecule has 0 aliphatic rings. The second-order valence-corrected chi connectivity index (χ2v) is 4.04. The molecule has 2 aromatic carbocycles. The Hall–Kier alpha value is -2.35. The summed E-state index contributed by atoms with van der Waals surface area (Å²) >= 11 is 0. The Morgan fingerprint density at radius 3 is 2.22 bits per heavy atom. The summed E-state index contributed by atoms with van der Waals surface area (Å²) in [7, 11) is 0. The molecule has 0 saturated carbocycles. The van der Waals surface area contributed by atoms with Gasteiger partial charge in [0.2, 0.25) is 0 Å². The van der Waals surface area contributed by atoms with Crippen LogP contribution in [0.2, 0.25) is 0 Å². The van der Waals surface area contributed by atoms with E-state index in [0.717, 1.165) is 5.56 Å². The Labute approximate surface area is 106 Å². The fraction of sp³-hybridized carbons (Fsp3) is 0.0625. The van der Waals surface area contributed by atoms with Gasteiger partial charge in [-0.1, -0.05) is 48.5 Å². The van der Waals surface area contributed by atoms with Gasteiger partial charge in [0.15, 0.2) is 5.78 Å². The number of rotatable bonds is 3. The van der Waals surface area contributed by atoms with Gasteiger partial charge in [-0.15, -0.1) is 0 Å². The predicted octanol–water partition coefficient (Wildman–Crippen LogP) is 3.52. The number of ketones is 1. The highest BCUT2D eigenvalue weighted by atomic mass is 16.3. The predicted molar refractivity (Wildman–Crippen MR) is 73.1 cm³/mol. The summed E-state index contributed by atoms with van der Waals surface area (Å²) in [5.41, 5.74) is 2.09. The number of allylic oxidation sites excluding steroid dienone is 1. The lowest BCUT2D eigenvalue weighted by Gasteiger charge is -2.05. The molecule has 2 rings (SSSR count). The fourth-order valence-electron chi connectivity index (χ4n) is 1.77. The van der Waals surface area contributed by atoms with Gasteiger partial charge >= 0.3 is 0 Å². The zero-order valence-corrected chi connectivity index (χ0v) is 10.1. The highest BCUT2D eigenvalue weighted by molar-refractivity contribution is 6.24. The van der Waals surface area contributed by atoms with Gasteiger partial charge in [-0.3, -0.25) is 4.79 Å². The molecule has 0 aliphatic carbocycles. The van der Waals surface area contributed by atoms with Crippen molar-refractivity contribution in [3.63, 3.8) is 0 Å². The van der Waals surface area contributed by atoms with Gasteiger partial charge < -0.3 is 5.11 Å². The Kier molecular flexibility index (Phi) is 3.58. The molecule has 0 aliphatic heterocycles. The molecule has 18 heavy (non-hydrogen) atoms. The quantitative estimate of drug-likeness (QED) is 0.656. The van der Waals surface area contributed by atoms with Crippen LogP contribution in [0.25, 0.3) is 11.6 Å². The zero-order chi connectivity index (χ0) is 13.0. The van der Waals surface area contributed by atoms with Gasteiger partial charge in [0.05, 0.1) is 0 Å². The molecule has 0 radical (unpaired) electrons. The molecule has 2 nitrogen and oxygen atoms in total. The third-order valence-corrected chi connectivity index (χ3v) is 2.70. The number of carbonyl (C=O) groups excluding carboxylic acids is 1. The minimum atomic E-state index is -0.0237. The minimum Gasteiger partial charge on any atom is -0.507 e. The zero-order valence-electron chi connectivity index (χ0n) is 10.1. The van der Waals surface area contributed by atoms with E-state index in [0.29, 0.717) is 11.1 Å². The first kappa shape index (κ1) is 12.1. The third-order valence-electron chi connectivity index (χ3n) is 2.70. The van der Waals surface area contributed by atoms with E-state index in [4.69, 9.17) is 0 Å². The highest BCUT2D eigenvalue weighted by Crippen LogP contribution is 2.24. The van der Waals surface area contributed by atoms with E-state index in [-0.39, 0.29) is 11.5 Å². The lowest BCUT2D eigenvalue weighted by molar-refractivity contribution is -0.111. The lowest BCUT2D eigenvalue weighted by atomic mass is 9.99. The molecule has 0 unspecified atom stereocenters. The van der Waals surface area contributed by atoms with Crippen molar-refractivity contribution >= 4 is 17.4 Å². The molecule has 0 aromatic heterocycles. The van der Waals surface area contributed by atoms with Gasteiger partial charge in [0, 0.05) is 11.1 Å². The maximum atomic E-state index is 11.7. The standard InChI is InChI=1S/C16H14O2/c1-12(17)15(13-7-3-2-4-8-13)11-14-9-5-6-10-16(14)18/h2-11,18H,1H3. The van der Waals surface area contributed by atoms with Gasteiger partial charge in [-0.25, -0.2) is 0 Å². The van der Waals surface area contributed by atoms with Crippen molar-refractivity contribution in [1.29, 1.82) is 0 Å². The molecule has 0 fully saturated rings. The van der Waals surface area contributed by atoms with Crippen molar-refractivity contribution in [1.82, 2.24) is 0 Å². The van der Waals surface area contributed by atoms with Crippen LogP contribution in [0.5, 0.6) is 5.75 Å². The van der Waals surface area contributed by atoms with Crippen LogP contribution in [0.1, 0.15) is 18.1 Å². The Morgan fingerprint density at radius 2 is 1.61 bits per heavy atom. The first-order chi connectivity index (χ1) is 8.68. The molecule has 0 bridgehead atoms. The van der Waals surface area contributed by atoms with Crippen molar-refractivity contribution in [2.75, 3.05) is 0 Å². The molecule has 1 N–H and O–H groups in total. The topological polar surface area (TPSA) is 37.3 Å². The average molecular weight is 238 g/mol. The number of carbonyl (C=O) groups is 1. The summed E-state index contributed by atoms with van der Waals surface area (Å²) < 4.78 is 0. The number of phenols is 1. The molecule has 0 atom stereocenters. The van der Waals surface area contributed by atoms with E-state index >= 15 is 0 Å². The van der Waals surface area contributed by atoms with Crippen molar-refractivity contribution in [2.45, 2.75) is 6.92 Å². The van der Waals surface area contributed by atoms with Gasteiger partial charge in [0.25, 0.3) is 0 Å². The smallest absolute Gasteiger partial charge is 0.160 e. The van der Waals surface area contributed by atoms with E-state index in [1.807, 2.05) is 36.4 Å². The lowest BCUT2D eigenvalue weighted by Crippen LogP contribution is -1.95. The normalized spacial score (nSPS) is 11.3. The largest absolute Gasteiger partial charge is 0.507 e. The Bertz CT molecular complexity index is 583. The monoisotopic (exact) mass is 238 g/mol. The summed E-state index contributed by atoms with van der Waals surface area (Å²) in [6, 6.07) is 16.4. The molecule has 0 spiro atoms. The van der Waals surface area contributed by atoms with E-state index < -0.39 is 0 Å². The molecular formula is C16H14O2. The number of para-hydroxylation sites is 1. The highest BCUT2D eigenvalue weighted by Gasteiger charge is 2.08. The summed E-state index contributed by atoms with van der Waals surface area (Å²) in [6.45, 7) is 1.53. The molecule has 2 aromatic rings. The minimum absolute atomic E-state index is 0.0237. The number of hydrogen-bond acceptors (Lipinski definition) is 2. The molecule has 2 heteroatoms. The van der Waals surface area contributed by atoms with Crippen molar-refractivity contribution in [3.05, 3.63) is 65.7 Å². The van der Waals surface area contributed by atoms with E-state index in [9.17, 15) is 9.90 Å². The van der Waals surface area contributed by atoms with Gasteiger partial charge in [-0.05, 0) is 24.6 Å². The number of aromatic hydroxyl groups is 1. The van der Waals surface area contributed by atoms with Crippen molar-refractivity contribution in [2.24, 2.45) is 0 Å². The van der Waals surface area contributed by atoms with Gasteiger partial charge in [0.1, 0.15) is 5.75 Å². The van der Waals surface area contributed by atoms with E-state index in [1.54, 1.807) is 24.3 Å². The van der Waals surface area contributed by atoms with Crippen molar-refractivity contribution in [3.8, 4) is 5.75 Å². The van der Waals surface area contributed by atoms with Crippen LogP contribution in [0.15, 0.2) is 54.6 Å². The number of phenolic OH excluding ortho intramolecular Hbond substituents is 1. The summed E-state index contributed by atoms with van der Waals surface area (Å²) in [5, 5.41) is 9.73.